The third-order valence-electron chi connectivity index (χ3n) is 8.56. The van der Waals surface area contributed by atoms with E-state index in [-0.39, 0.29) is 47.0 Å². The number of ketones is 2. The molecule has 2 amide bonds. The number of carboxylic acids is 1. The average Bonchev–Trinajstić information content (AvgIpc) is 3.19. The zero-order chi connectivity index (χ0) is 29.3. The first-order chi connectivity index (χ1) is 19.5. The van der Waals surface area contributed by atoms with E-state index >= 15 is 0 Å². The second-order valence-electron chi connectivity index (χ2n) is 10.7. The molecule has 4 atom stereocenters. The van der Waals surface area contributed by atoms with E-state index < -0.39 is 47.2 Å². The van der Waals surface area contributed by atoms with Crippen molar-refractivity contribution < 1.29 is 44.0 Å². The summed E-state index contributed by atoms with van der Waals surface area (Å²) < 4.78 is 5.54. The van der Waals surface area contributed by atoms with Gasteiger partial charge >= 0.3 is 5.97 Å². The molecule has 0 spiro atoms. The quantitative estimate of drug-likeness (QED) is 0.292. The molecule has 2 aromatic rings. The number of methoxy groups -OCH3 is 1. The first-order valence-electron chi connectivity index (χ1n) is 13.0. The number of carbonyl (C=O) groups excluding carboxylic acids is 4. The summed E-state index contributed by atoms with van der Waals surface area (Å²) >= 11 is 0. The lowest BCUT2D eigenvalue weighted by molar-refractivity contribution is -0.123. The van der Waals surface area contributed by atoms with Gasteiger partial charge in [-0.15, -0.1) is 0 Å². The molecular formula is C31H25NO9. The van der Waals surface area contributed by atoms with E-state index in [4.69, 9.17) is 4.74 Å². The van der Waals surface area contributed by atoms with Crippen molar-refractivity contribution in [2.24, 2.45) is 17.8 Å². The van der Waals surface area contributed by atoms with Crippen LogP contribution in [0.2, 0.25) is 0 Å². The molecule has 3 N–H and O–H groups in total. The average molecular weight is 556 g/mol. The summed E-state index contributed by atoms with van der Waals surface area (Å²) in [5, 5.41) is 29.6. The number of fused-ring (bicyclic) bond motifs is 3. The van der Waals surface area contributed by atoms with Crippen molar-refractivity contribution in [3.05, 3.63) is 82.0 Å². The Balaban J connectivity index is 1.48. The number of carboxylic acid groups (broad SMARTS) is 1. The van der Waals surface area contributed by atoms with Crippen LogP contribution >= 0.6 is 0 Å². The molecule has 2 aromatic carbocycles. The molecule has 10 heteroatoms. The molecule has 0 saturated carbocycles. The topological polar surface area (TPSA) is 159 Å². The van der Waals surface area contributed by atoms with Crippen molar-refractivity contribution in [3.8, 4) is 17.2 Å². The number of imide groups is 1. The maximum atomic E-state index is 14.0. The molecule has 0 bridgehead atoms. The van der Waals surface area contributed by atoms with Crippen molar-refractivity contribution in [2.45, 2.75) is 25.7 Å². The van der Waals surface area contributed by atoms with E-state index in [1.54, 1.807) is 13.0 Å². The minimum atomic E-state index is -1.35. The van der Waals surface area contributed by atoms with Gasteiger partial charge in [0.1, 0.15) is 22.8 Å². The number of benzene rings is 2. The maximum Gasteiger partial charge on any atom is 0.339 e. The predicted molar refractivity (Wildman–Crippen MR) is 144 cm³/mol. The lowest BCUT2D eigenvalue weighted by Crippen LogP contribution is -2.39. The monoisotopic (exact) mass is 555 g/mol. The van der Waals surface area contributed by atoms with E-state index in [9.17, 15) is 39.3 Å². The predicted octanol–water partition coefficient (Wildman–Crippen LogP) is 3.44. The third kappa shape index (κ3) is 3.81. The molecule has 0 unspecified atom stereocenters. The number of nitrogens with zero attached hydrogens (tertiary/aromatic N) is 1. The highest BCUT2D eigenvalue weighted by atomic mass is 16.5. The number of allylic oxidation sites excluding steroid dienone is 6. The van der Waals surface area contributed by atoms with Gasteiger partial charge in [-0.2, -0.15) is 0 Å². The Kier molecular flexibility index (Phi) is 5.95. The highest BCUT2D eigenvalue weighted by molar-refractivity contribution is 6.25. The van der Waals surface area contributed by atoms with E-state index in [1.807, 2.05) is 6.08 Å². The fraction of sp³-hybridized carbons (Fsp3) is 0.258. The number of hydrogen-bond acceptors (Lipinski definition) is 8. The van der Waals surface area contributed by atoms with Gasteiger partial charge < -0.3 is 20.1 Å². The smallest absolute Gasteiger partial charge is 0.339 e. The zero-order valence-electron chi connectivity index (χ0n) is 22.1. The normalized spacial score (nSPS) is 25.4. The largest absolute Gasteiger partial charge is 0.508 e. The molecule has 41 heavy (non-hydrogen) atoms. The number of phenols is 2. The summed E-state index contributed by atoms with van der Waals surface area (Å²) in [5.74, 6) is -6.22. The molecule has 1 saturated heterocycles. The lowest BCUT2D eigenvalue weighted by atomic mass is 9.59. The van der Waals surface area contributed by atoms with E-state index in [0.717, 1.165) is 22.6 Å². The number of hydrogen-bond donors (Lipinski definition) is 3. The maximum absolute atomic E-state index is 14.0. The van der Waals surface area contributed by atoms with E-state index in [0.29, 0.717) is 22.5 Å². The van der Waals surface area contributed by atoms with Crippen LogP contribution in [0, 0.1) is 17.8 Å². The standard InChI is InChI=1S/C31H25NO9/c1-13-9-23(35)27-21(28(13)36)12-20-16(25(27)18-6-4-15(33)11-24(18)41-2)7-8-19-26(20)30(38)32(29(19)37)14-3-5-17(31(39)40)22(34)10-14/h3-7,9-11,19-20,25-26,33-34H,8,12H2,1-2H3,(H,39,40)/t19-,20+,25+,26-/m0/s1. The third-order valence-corrected chi connectivity index (χ3v) is 8.56. The number of Topliss-reactive ketones (excluding diaryl/α,β-unsaturated/α-hetero) is 1. The molecule has 3 aliphatic carbocycles. The minimum Gasteiger partial charge on any atom is -0.508 e. The molecule has 1 aliphatic heterocycles. The Morgan fingerprint density at radius 3 is 2.44 bits per heavy atom. The van der Waals surface area contributed by atoms with Crippen molar-refractivity contribution in [1.29, 1.82) is 0 Å². The fourth-order valence-corrected chi connectivity index (χ4v) is 6.77. The van der Waals surface area contributed by atoms with Crippen LogP contribution < -0.4 is 9.64 Å². The second kappa shape index (κ2) is 9.29. The van der Waals surface area contributed by atoms with Gasteiger partial charge in [0.25, 0.3) is 0 Å². The number of phenolic OH excluding ortho intramolecular Hbond substituents is 1. The van der Waals surface area contributed by atoms with Crippen LogP contribution in [0.3, 0.4) is 0 Å². The number of rotatable bonds is 4. The summed E-state index contributed by atoms with van der Waals surface area (Å²) in [6.45, 7) is 1.56. The van der Waals surface area contributed by atoms with Crippen LogP contribution in [-0.2, 0) is 19.2 Å². The van der Waals surface area contributed by atoms with Gasteiger partial charge in [-0.25, -0.2) is 9.69 Å². The van der Waals surface area contributed by atoms with Gasteiger partial charge in [0.05, 0.1) is 24.6 Å². The first-order valence-corrected chi connectivity index (χ1v) is 13.0. The van der Waals surface area contributed by atoms with Gasteiger partial charge in [0, 0.05) is 40.3 Å². The summed E-state index contributed by atoms with van der Waals surface area (Å²) in [5.41, 5.74) is 1.83. The Labute approximate surface area is 233 Å². The molecule has 10 nitrogen and oxygen atoms in total. The molecular weight excluding hydrogens is 530 g/mol. The van der Waals surface area contributed by atoms with Crippen molar-refractivity contribution in [1.82, 2.24) is 0 Å². The Morgan fingerprint density at radius 2 is 1.76 bits per heavy atom. The van der Waals surface area contributed by atoms with Crippen LogP contribution in [0.4, 0.5) is 5.69 Å². The molecule has 0 aromatic heterocycles. The molecule has 6 rings (SSSR count). The van der Waals surface area contributed by atoms with E-state index in [1.165, 1.54) is 31.4 Å². The van der Waals surface area contributed by atoms with Gasteiger partial charge in [0.2, 0.25) is 11.8 Å². The number of carbonyl (C=O) groups is 5. The first kappa shape index (κ1) is 26.2. The molecule has 1 heterocycles. The number of aromatic hydroxyl groups is 2. The summed E-state index contributed by atoms with van der Waals surface area (Å²) in [6.07, 6.45) is 3.46. The van der Waals surface area contributed by atoms with Gasteiger partial charge in [-0.05, 0) is 50.0 Å². The lowest BCUT2D eigenvalue weighted by Gasteiger charge is -2.42. The van der Waals surface area contributed by atoms with Gasteiger partial charge in [-0.1, -0.05) is 17.7 Å². The van der Waals surface area contributed by atoms with Gasteiger partial charge in [-0.3, -0.25) is 19.2 Å². The SMILES string of the molecule is COc1cc(O)ccc1[C@H]1C2=CC[C@@H]3C(=O)N(c4ccc(C(=O)O)c(O)c4)C(=O)[C@@H]3[C@@H]2CC2=C1C(=O)C=C(C)C2=O. The number of aromatic carboxylic acids is 1. The molecule has 0 radical (unpaired) electrons. The van der Waals surface area contributed by atoms with Crippen LogP contribution in [-0.4, -0.2) is 51.8 Å². The van der Waals surface area contributed by atoms with E-state index in [2.05, 4.69) is 0 Å². The highest BCUT2D eigenvalue weighted by Gasteiger charge is 2.57. The Morgan fingerprint density at radius 1 is 1.00 bits per heavy atom. The van der Waals surface area contributed by atoms with Crippen molar-refractivity contribution in [3.63, 3.8) is 0 Å². The molecule has 1 fully saturated rings. The summed E-state index contributed by atoms with van der Waals surface area (Å²) in [4.78, 5) is 66.7. The highest BCUT2D eigenvalue weighted by Crippen LogP contribution is 2.56. The minimum absolute atomic E-state index is 0.0454. The van der Waals surface area contributed by atoms with Crippen LogP contribution in [0.15, 0.2) is 70.8 Å². The Hall–Kier alpha value is -4.99. The van der Waals surface area contributed by atoms with Gasteiger partial charge in [0.15, 0.2) is 11.6 Å². The van der Waals surface area contributed by atoms with Crippen molar-refractivity contribution in [2.75, 3.05) is 12.0 Å². The van der Waals surface area contributed by atoms with Crippen LogP contribution in [0.1, 0.15) is 41.6 Å². The van der Waals surface area contributed by atoms with Crippen LogP contribution in [0.5, 0.6) is 17.2 Å². The number of ether oxygens (including phenoxy) is 1. The van der Waals surface area contributed by atoms with Crippen LogP contribution in [0.25, 0.3) is 0 Å². The second-order valence-corrected chi connectivity index (χ2v) is 10.7. The van der Waals surface area contributed by atoms with Crippen molar-refractivity contribution >= 4 is 35.0 Å². The summed E-state index contributed by atoms with van der Waals surface area (Å²) in [7, 11) is 1.43. The zero-order valence-corrected chi connectivity index (χ0v) is 22.1. The molecule has 4 aliphatic rings. The number of amides is 2. The Bertz CT molecular complexity index is 1690. The molecule has 208 valence electrons. The fourth-order valence-electron chi connectivity index (χ4n) is 6.77. The number of anilines is 1. The summed E-state index contributed by atoms with van der Waals surface area (Å²) in [6, 6.07) is 8.01.